The van der Waals surface area contributed by atoms with Gasteiger partial charge in [0.25, 0.3) is 0 Å². The van der Waals surface area contributed by atoms with E-state index in [1.807, 2.05) is 0 Å². The summed E-state index contributed by atoms with van der Waals surface area (Å²) in [4.78, 5) is 0. The van der Waals surface area contributed by atoms with E-state index in [9.17, 15) is 4.39 Å². The van der Waals surface area contributed by atoms with Gasteiger partial charge in [-0.15, -0.1) is 11.6 Å². The molecule has 1 aliphatic carbocycles. The number of halogens is 3. The zero-order valence-electron chi connectivity index (χ0n) is 8.73. The fraction of sp³-hybridized carbons (Fsp3) is 0.500. The Labute approximate surface area is 99.4 Å². The Morgan fingerprint density at radius 3 is 2.60 bits per heavy atom. The number of benzene rings is 1. The maximum absolute atomic E-state index is 13.8. The minimum atomic E-state index is -0.287. The van der Waals surface area contributed by atoms with Crippen LogP contribution in [0.3, 0.4) is 0 Å². The van der Waals surface area contributed by atoms with Crippen LogP contribution in [0.2, 0.25) is 5.02 Å². The van der Waals surface area contributed by atoms with Crippen molar-refractivity contribution in [1.82, 2.24) is 0 Å². The van der Waals surface area contributed by atoms with Gasteiger partial charge in [0.15, 0.2) is 0 Å². The molecule has 0 amide bonds. The lowest BCUT2D eigenvalue weighted by Gasteiger charge is -2.05. The van der Waals surface area contributed by atoms with Crippen LogP contribution in [0.25, 0.3) is 0 Å². The molecule has 1 saturated carbocycles. The summed E-state index contributed by atoms with van der Waals surface area (Å²) in [7, 11) is 0. The summed E-state index contributed by atoms with van der Waals surface area (Å²) in [5.74, 6) is 0.842. The van der Waals surface area contributed by atoms with E-state index >= 15 is 0 Å². The van der Waals surface area contributed by atoms with Crippen molar-refractivity contribution in [2.75, 3.05) is 5.88 Å². The molecule has 0 nitrogen and oxygen atoms in total. The highest BCUT2D eigenvalue weighted by Gasteiger charge is 2.58. The predicted octanol–water partition coefficient (Wildman–Crippen LogP) is 4.46. The summed E-state index contributed by atoms with van der Waals surface area (Å²) in [5.41, 5.74) is 0.797. The predicted molar refractivity (Wildman–Crippen MR) is 62.1 cm³/mol. The highest BCUT2D eigenvalue weighted by molar-refractivity contribution is 6.30. The van der Waals surface area contributed by atoms with Crippen molar-refractivity contribution >= 4 is 23.2 Å². The molecule has 0 spiro atoms. The average Bonchev–Trinajstić information content (AvgIpc) is 2.73. The topological polar surface area (TPSA) is 0 Å². The molecule has 0 radical (unpaired) electrons. The van der Waals surface area contributed by atoms with E-state index in [0.29, 0.717) is 17.4 Å². The van der Waals surface area contributed by atoms with Crippen molar-refractivity contribution in [2.45, 2.75) is 19.8 Å². The van der Waals surface area contributed by atoms with E-state index in [-0.39, 0.29) is 22.2 Å². The van der Waals surface area contributed by atoms with Gasteiger partial charge in [0.05, 0.1) is 5.02 Å². The molecule has 0 bridgehead atoms. The molecule has 0 aliphatic heterocycles. The van der Waals surface area contributed by atoms with Crippen molar-refractivity contribution in [3.8, 4) is 0 Å². The van der Waals surface area contributed by atoms with Crippen LogP contribution < -0.4 is 0 Å². The standard InChI is InChI=1S/C12H13Cl2F/c1-12(2)8(6-13)10(12)7-4-3-5-9(14)11(7)15/h3-5,8,10H,6H2,1-2H3. The van der Waals surface area contributed by atoms with Gasteiger partial charge in [-0.25, -0.2) is 4.39 Å². The number of hydrogen-bond acceptors (Lipinski definition) is 0. The largest absolute Gasteiger partial charge is 0.205 e. The Hall–Kier alpha value is -0.270. The SMILES string of the molecule is CC1(C)C(CCl)C1c1cccc(Cl)c1F. The third kappa shape index (κ3) is 1.66. The van der Waals surface area contributed by atoms with Crippen LogP contribution >= 0.6 is 23.2 Å². The highest BCUT2D eigenvalue weighted by Crippen LogP contribution is 2.65. The third-order valence-corrected chi connectivity index (χ3v) is 4.16. The lowest BCUT2D eigenvalue weighted by molar-refractivity contribution is 0.562. The van der Waals surface area contributed by atoms with Gasteiger partial charge in [0, 0.05) is 5.88 Å². The van der Waals surface area contributed by atoms with Crippen LogP contribution in [0.1, 0.15) is 25.3 Å². The summed E-state index contributed by atoms with van der Waals surface area (Å²) < 4.78 is 13.8. The van der Waals surface area contributed by atoms with Gasteiger partial charge in [-0.1, -0.05) is 37.6 Å². The minimum absolute atomic E-state index is 0.0905. The molecule has 2 rings (SSSR count). The van der Waals surface area contributed by atoms with Crippen molar-refractivity contribution in [3.05, 3.63) is 34.6 Å². The molecular weight excluding hydrogens is 234 g/mol. The maximum atomic E-state index is 13.8. The fourth-order valence-electron chi connectivity index (χ4n) is 2.41. The van der Waals surface area contributed by atoms with E-state index < -0.39 is 0 Å². The molecule has 1 fully saturated rings. The van der Waals surface area contributed by atoms with Crippen molar-refractivity contribution < 1.29 is 4.39 Å². The van der Waals surface area contributed by atoms with Crippen molar-refractivity contribution in [3.63, 3.8) is 0 Å². The molecule has 2 unspecified atom stereocenters. The van der Waals surface area contributed by atoms with E-state index in [1.54, 1.807) is 18.2 Å². The lowest BCUT2D eigenvalue weighted by atomic mass is 10.0. The second-order valence-corrected chi connectivity index (χ2v) is 5.42. The van der Waals surface area contributed by atoms with Crippen LogP contribution in [-0.4, -0.2) is 5.88 Å². The first-order chi connectivity index (χ1) is 7.00. The van der Waals surface area contributed by atoms with Gasteiger partial charge in [-0.3, -0.25) is 0 Å². The van der Waals surface area contributed by atoms with Crippen LogP contribution in [0, 0.1) is 17.2 Å². The first-order valence-corrected chi connectivity index (χ1v) is 5.91. The molecular formula is C12H13Cl2F. The van der Waals surface area contributed by atoms with Gasteiger partial charge >= 0.3 is 0 Å². The van der Waals surface area contributed by atoms with Gasteiger partial charge in [0.1, 0.15) is 5.82 Å². The van der Waals surface area contributed by atoms with E-state index in [2.05, 4.69) is 13.8 Å². The number of alkyl halides is 1. The monoisotopic (exact) mass is 246 g/mol. The quantitative estimate of drug-likeness (QED) is 0.677. The molecule has 3 heteroatoms. The average molecular weight is 247 g/mol. The Morgan fingerprint density at radius 2 is 2.07 bits per heavy atom. The third-order valence-electron chi connectivity index (χ3n) is 3.53. The number of hydrogen-bond donors (Lipinski definition) is 0. The minimum Gasteiger partial charge on any atom is -0.205 e. The molecule has 0 saturated heterocycles. The Balaban J connectivity index is 2.37. The summed E-state index contributed by atoms with van der Waals surface area (Å²) in [6, 6.07) is 5.17. The molecule has 0 heterocycles. The van der Waals surface area contributed by atoms with Gasteiger partial charge < -0.3 is 0 Å². The Bertz CT molecular complexity index is 387. The summed E-state index contributed by atoms with van der Waals surface area (Å²) in [6.07, 6.45) is 0. The molecule has 15 heavy (non-hydrogen) atoms. The normalized spacial score (nSPS) is 27.8. The van der Waals surface area contributed by atoms with Gasteiger partial charge in [-0.05, 0) is 28.9 Å². The Morgan fingerprint density at radius 1 is 1.40 bits per heavy atom. The van der Waals surface area contributed by atoms with Crippen LogP contribution in [0.4, 0.5) is 4.39 Å². The summed E-state index contributed by atoms with van der Waals surface area (Å²) >= 11 is 11.6. The molecule has 0 aromatic heterocycles. The maximum Gasteiger partial charge on any atom is 0.145 e. The van der Waals surface area contributed by atoms with Crippen molar-refractivity contribution in [2.24, 2.45) is 11.3 Å². The fourth-order valence-corrected chi connectivity index (χ4v) is 3.17. The van der Waals surface area contributed by atoms with Crippen LogP contribution in [0.15, 0.2) is 18.2 Å². The smallest absolute Gasteiger partial charge is 0.145 e. The van der Waals surface area contributed by atoms with E-state index in [0.717, 1.165) is 0 Å². The summed E-state index contributed by atoms with van der Waals surface area (Å²) in [5, 5.41) is 0.198. The Kier molecular flexibility index (Phi) is 2.72. The zero-order chi connectivity index (χ0) is 11.2. The van der Waals surface area contributed by atoms with Crippen LogP contribution in [-0.2, 0) is 0 Å². The van der Waals surface area contributed by atoms with Crippen LogP contribution in [0.5, 0.6) is 0 Å². The zero-order valence-corrected chi connectivity index (χ0v) is 10.2. The first-order valence-electron chi connectivity index (χ1n) is 5.00. The van der Waals surface area contributed by atoms with Gasteiger partial charge in [-0.2, -0.15) is 0 Å². The molecule has 0 N–H and O–H groups in total. The second kappa shape index (κ2) is 3.64. The van der Waals surface area contributed by atoms with E-state index in [1.165, 1.54) is 0 Å². The first kappa shape index (κ1) is 11.2. The lowest BCUT2D eigenvalue weighted by Crippen LogP contribution is -1.93. The molecule has 82 valence electrons. The molecule has 1 aromatic rings. The van der Waals surface area contributed by atoms with E-state index in [4.69, 9.17) is 23.2 Å². The molecule has 2 atom stereocenters. The summed E-state index contributed by atoms with van der Waals surface area (Å²) in [6.45, 7) is 4.23. The molecule has 1 aliphatic rings. The second-order valence-electron chi connectivity index (χ2n) is 4.70. The highest BCUT2D eigenvalue weighted by atomic mass is 35.5. The molecule has 1 aromatic carbocycles. The number of rotatable bonds is 2. The van der Waals surface area contributed by atoms with Crippen molar-refractivity contribution in [1.29, 1.82) is 0 Å². The van der Waals surface area contributed by atoms with Gasteiger partial charge in [0.2, 0.25) is 0 Å².